The fraction of sp³-hybridized carbons (Fsp3) is 0.550. The van der Waals surface area contributed by atoms with Gasteiger partial charge in [-0.25, -0.2) is 0 Å². The molecular weight excluding hydrogens is 380 g/mol. The minimum atomic E-state index is -0.229. The Morgan fingerprint density at radius 2 is 1.96 bits per heavy atom. The molecule has 3 amide bonds. The summed E-state index contributed by atoms with van der Waals surface area (Å²) in [6.45, 7) is 7.44. The van der Waals surface area contributed by atoms with Crippen LogP contribution in [0, 0.1) is 5.41 Å². The summed E-state index contributed by atoms with van der Waals surface area (Å²) in [5, 5.41) is 2.54. The van der Waals surface area contributed by atoms with E-state index in [4.69, 9.17) is 5.73 Å². The highest BCUT2D eigenvalue weighted by Gasteiger charge is 2.36. The molecule has 0 saturated carbocycles. The first-order chi connectivity index (χ1) is 12.7. The van der Waals surface area contributed by atoms with Gasteiger partial charge < -0.3 is 20.9 Å². The lowest BCUT2D eigenvalue weighted by molar-refractivity contribution is -0.123. The molecule has 2 aliphatic heterocycles. The number of carbonyl (C=O) groups excluding carboxylic acids is 3. The molecule has 0 bridgehead atoms. The summed E-state index contributed by atoms with van der Waals surface area (Å²) in [5.41, 5.74) is 8.54. The number of fused-ring (bicyclic) bond motifs is 1. The van der Waals surface area contributed by atoms with E-state index in [0.29, 0.717) is 31.6 Å². The lowest BCUT2D eigenvalue weighted by atomic mass is 9.79. The lowest BCUT2D eigenvalue weighted by Gasteiger charge is -2.42. The van der Waals surface area contributed by atoms with Crippen molar-refractivity contribution in [2.75, 3.05) is 31.1 Å². The van der Waals surface area contributed by atoms with Crippen LogP contribution in [0.5, 0.6) is 0 Å². The molecule has 1 aromatic rings. The molecule has 154 valence electrons. The van der Waals surface area contributed by atoms with Gasteiger partial charge in [-0.3, -0.25) is 14.4 Å². The second-order valence-electron chi connectivity index (χ2n) is 8.16. The smallest absolute Gasteiger partial charge is 0.253 e. The number of likely N-dealkylation sites (tertiary alicyclic amines) is 1. The number of carbonyl (C=O) groups is 3. The number of amides is 3. The molecular formula is C20H29ClN4O3. The fourth-order valence-electron chi connectivity index (χ4n) is 3.82. The molecule has 2 aliphatic rings. The zero-order chi connectivity index (χ0) is 19.8. The van der Waals surface area contributed by atoms with Crippen molar-refractivity contribution in [1.82, 2.24) is 10.2 Å². The number of hydrogen-bond donors (Lipinski definition) is 2. The maximum Gasteiger partial charge on any atom is 0.253 e. The largest absolute Gasteiger partial charge is 0.347 e. The van der Waals surface area contributed by atoms with E-state index in [1.54, 1.807) is 11.0 Å². The Hall–Kier alpha value is -2.12. The van der Waals surface area contributed by atoms with Crippen LogP contribution in [0.4, 0.5) is 5.69 Å². The molecule has 28 heavy (non-hydrogen) atoms. The maximum absolute atomic E-state index is 12.9. The van der Waals surface area contributed by atoms with E-state index < -0.39 is 0 Å². The summed E-state index contributed by atoms with van der Waals surface area (Å²) >= 11 is 0. The minimum Gasteiger partial charge on any atom is -0.347 e. The van der Waals surface area contributed by atoms with Crippen LogP contribution in [0.15, 0.2) is 18.2 Å². The van der Waals surface area contributed by atoms with Gasteiger partial charge in [0.2, 0.25) is 11.8 Å². The fourth-order valence-corrected chi connectivity index (χ4v) is 3.82. The van der Waals surface area contributed by atoms with Gasteiger partial charge in [0.15, 0.2) is 0 Å². The van der Waals surface area contributed by atoms with Gasteiger partial charge in [0.05, 0.1) is 6.54 Å². The Balaban J connectivity index is 0.00000280. The van der Waals surface area contributed by atoms with Crippen LogP contribution >= 0.6 is 12.4 Å². The normalized spacial score (nSPS) is 20.2. The van der Waals surface area contributed by atoms with Crippen molar-refractivity contribution in [3.05, 3.63) is 29.3 Å². The summed E-state index contributed by atoms with van der Waals surface area (Å²) in [6, 6.07) is 5.62. The van der Waals surface area contributed by atoms with Crippen molar-refractivity contribution in [2.45, 2.75) is 39.7 Å². The second-order valence-corrected chi connectivity index (χ2v) is 8.16. The van der Waals surface area contributed by atoms with Crippen LogP contribution < -0.4 is 16.0 Å². The molecule has 3 rings (SSSR count). The van der Waals surface area contributed by atoms with Crippen LogP contribution in [0.3, 0.4) is 0 Å². The highest BCUT2D eigenvalue weighted by atomic mass is 35.5. The van der Waals surface area contributed by atoms with E-state index in [0.717, 1.165) is 17.7 Å². The molecule has 0 aromatic heterocycles. The third-order valence-corrected chi connectivity index (χ3v) is 5.61. The number of benzene rings is 1. The minimum absolute atomic E-state index is 0. The van der Waals surface area contributed by atoms with Gasteiger partial charge >= 0.3 is 0 Å². The molecule has 1 fully saturated rings. The Morgan fingerprint density at radius 1 is 1.25 bits per heavy atom. The molecule has 1 unspecified atom stereocenters. The molecule has 3 N–H and O–H groups in total. The van der Waals surface area contributed by atoms with Gasteiger partial charge in [0.25, 0.3) is 5.91 Å². The highest BCUT2D eigenvalue weighted by Crippen LogP contribution is 2.31. The standard InChI is InChI=1S/C20H28N4O3.ClH/c1-13(25)22-11-18(26)24-9-6-14-10-15(4-5-16(14)24)19(27)23-8-7-17(21)20(2,3)12-23;/h4-5,10,17H,6-9,11-12,21H2,1-3H3,(H,22,25);1H. The first-order valence-electron chi connectivity index (χ1n) is 9.41. The van der Waals surface area contributed by atoms with Gasteiger partial charge in [-0.1, -0.05) is 13.8 Å². The molecule has 0 aliphatic carbocycles. The third-order valence-electron chi connectivity index (χ3n) is 5.61. The highest BCUT2D eigenvalue weighted by molar-refractivity contribution is 6.00. The van der Waals surface area contributed by atoms with Crippen molar-refractivity contribution in [3.8, 4) is 0 Å². The number of rotatable bonds is 3. The van der Waals surface area contributed by atoms with Crippen molar-refractivity contribution < 1.29 is 14.4 Å². The van der Waals surface area contributed by atoms with Gasteiger partial charge in [-0.2, -0.15) is 0 Å². The average molecular weight is 409 g/mol. The molecule has 0 spiro atoms. The number of hydrogen-bond acceptors (Lipinski definition) is 4. The zero-order valence-corrected chi connectivity index (χ0v) is 17.5. The quantitative estimate of drug-likeness (QED) is 0.788. The van der Waals surface area contributed by atoms with Crippen molar-refractivity contribution in [3.63, 3.8) is 0 Å². The van der Waals surface area contributed by atoms with E-state index in [1.807, 2.05) is 17.0 Å². The number of nitrogens with zero attached hydrogens (tertiary/aromatic N) is 2. The summed E-state index contributed by atoms with van der Waals surface area (Å²) < 4.78 is 0. The summed E-state index contributed by atoms with van der Waals surface area (Å²) in [6.07, 6.45) is 1.51. The van der Waals surface area contributed by atoms with Gasteiger partial charge in [0.1, 0.15) is 0 Å². The van der Waals surface area contributed by atoms with Crippen molar-refractivity contribution in [2.24, 2.45) is 11.1 Å². The number of piperidine rings is 1. The Labute approximate surface area is 172 Å². The summed E-state index contributed by atoms with van der Waals surface area (Å²) in [5.74, 6) is -0.358. The SMILES string of the molecule is CC(=O)NCC(=O)N1CCc2cc(C(=O)N3CCC(N)C(C)(C)C3)ccc21.Cl. The predicted octanol–water partition coefficient (Wildman–Crippen LogP) is 1.33. The molecule has 2 heterocycles. The Bertz CT molecular complexity index is 781. The van der Waals surface area contributed by atoms with Gasteiger partial charge in [0, 0.05) is 43.9 Å². The molecule has 8 heteroatoms. The predicted molar refractivity (Wildman–Crippen MR) is 111 cm³/mol. The number of halogens is 1. The molecule has 1 aromatic carbocycles. The zero-order valence-electron chi connectivity index (χ0n) is 16.7. The molecule has 0 radical (unpaired) electrons. The van der Waals surface area contributed by atoms with Crippen LogP contribution in [0.1, 0.15) is 43.1 Å². The van der Waals surface area contributed by atoms with Crippen LogP contribution in [-0.4, -0.2) is 54.8 Å². The number of nitrogens with one attached hydrogen (secondary N) is 1. The molecule has 1 saturated heterocycles. The topological polar surface area (TPSA) is 95.7 Å². The Morgan fingerprint density at radius 3 is 2.61 bits per heavy atom. The molecule has 1 atom stereocenters. The van der Waals surface area contributed by atoms with E-state index in [-0.39, 0.29) is 48.1 Å². The van der Waals surface area contributed by atoms with E-state index >= 15 is 0 Å². The monoisotopic (exact) mass is 408 g/mol. The van der Waals surface area contributed by atoms with Gasteiger partial charge in [-0.05, 0) is 42.0 Å². The summed E-state index contributed by atoms with van der Waals surface area (Å²) in [7, 11) is 0. The maximum atomic E-state index is 12.9. The lowest BCUT2D eigenvalue weighted by Crippen LogP contribution is -2.54. The van der Waals surface area contributed by atoms with Crippen molar-refractivity contribution in [1.29, 1.82) is 0 Å². The third kappa shape index (κ3) is 4.47. The number of anilines is 1. The summed E-state index contributed by atoms with van der Waals surface area (Å²) in [4.78, 5) is 39.8. The van der Waals surface area contributed by atoms with Gasteiger partial charge in [-0.15, -0.1) is 12.4 Å². The average Bonchev–Trinajstić information content (AvgIpc) is 3.04. The molecule has 7 nitrogen and oxygen atoms in total. The van der Waals surface area contributed by atoms with E-state index in [9.17, 15) is 14.4 Å². The van der Waals surface area contributed by atoms with Crippen LogP contribution in [0.25, 0.3) is 0 Å². The van der Waals surface area contributed by atoms with E-state index in [2.05, 4.69) is 19.2 Å². The van der Waals surface area contributed by atoms with Crippen molar-refractivity contribution >= 4 is 35.8 Å². The van der Waals surface area contributed by atoms with Crippen LogP contribution in [0.2, 0.25) is 0 Å². The second kappa shape index (κ2) is 8.49. The Kier molecular flexibility index (Phi) is 6.72. The first-order valence-corrected chi connectivity index (χ1v) is 9.41. The number of nitrogens with two attached hydrogens (primary N) is 1. The van der Waals surface area contributed by atoms with Crippen LogP contribution in [-0.2, 0) is 16.0 Å². The first kappa shape index (κ1) is 22.2. The van der Waals surface area contributed by atoms with E-state index in [1.165, 1.54) is 6.92 Å².